The van der Waals surface area contributed by atoms with E-state index in [2.05, 4.69) is 4.74 Å². The molecule has 0 heterocycles. The van der Waals surface area contributed by atoms with Crippen LogP contribution in [0.1, 0.15) is 38.9 Å². The van der Waals surface area contributed by atoms with Crippen LogP contribution in [0.25, 0.3) is 0 Å². The van der Waals surface area contributed by atoms with Gasteiger partial charge in [0.05, 0.1) is 33.0 Å². The van der Waals surface area contributed by atoms with Gasteiger partial charge in [0.25, 0.3) is 0 Å². The first kappa shape index (κ1) is 43.8. The van der Waals surface area contributed by atoms with Crippen LogP contribution in [0, 0.1) is 0 Å². The van der Waals surface area contributed by atoms with Crippen molar-refractivity contribution in [1.29, 1.82) is 0 Å². The highest BCUT2D eigenvalue weighted by atomic mass is 35.5. The molecule has 0 fully saturated rings. The smallest absolute Gasteiger partial charge is 0.417 e. The topological polar surface area (TPSA) is 168 Å². The second-order valence-electron chi connectivity index (χ2n) is 14.8. The quantitative estimate of drug-likeness (QED) is 0.0408. The lowest BCUT2D eigenvalue weighted by atomic mass is 9.75. The van der Waals surface area contributed by atoms with Gasteiger partial charge in [-0.15, -0.1) is 0 Å². The van der Waals surface area contributed by atoms with E-state index in [0.717, 1.165) is 22.3 Å². The standard InChI is InChI=1S/C49H47ClO11/c50-43-26-23-40(27-42(43)48(52,53)39-21-24-41(25-22-39)61-49(54,55)56)47(51)28-38(33-57-29-34-13-5-1-6-14-34)44(58-30-35-15-7-2-8-16-35)45(59-31-36-17-9-3-10-18-36)46(47)60-32-37-19-11-4-12-20-37/h1-28,44-46,51-56H,29-33H2. The zero-order chi connectivity index (χ0) is 42.9. The van der Waals surface area contributed by atoms with Crippen LogP contribution in [-0.4, -0.2) is 61.7 Å². The lowest BCUT2D eigenvalue weighted by Crippen LogP contribution is -2.57. The number of rotatable bonds is 18. The maximum absolute atomic E-state index is 13.3. The van der Waals surface area contributed by atoms with E-state index in [0.29, 0.717) is 5.57 Å². The minimum atomic E-state index is -3.45. The Kier molecular flexibility index (Phi) is 14.1. The highest BCUT2D eigenvalue weighted by Crippen LogP contribution is 2.44. The molecule has 61 heavy (non-hydrogen) atoms. The number of hydrogen-bond donors (Lipinski definition) is 6. The zero-order valence-corrected chi connectivity index (χ0v) is 33.8. The number of aliphatic hydroxyl groups is 6. The van der Waals surface area contributed by atoms with E-state index in [1.807, 2.05) is 121 Å². The SMILES string of the molecule is OC(O)(O)Oc1ccc(C(O)(O)c2cc(C3(O)C=C(COCc4ccccc4)C(OCc4ccccc4)C(OCc4ccccc4)C3OCc3ccccc3)ccc2Cl)cc1. The molecule has 0 saturated heterocycles. The lowest BCUT2D eigenvalue weighted by Gasteiger charge is -2.46. The number of benzene rings is 6. The summed E-state index contributed by atoms with van der Waals surface area (Å²) in [5, 5.41) is 64.5. The summed E-state index contributed by atoms with van der Waals surface area (Å²) in [5.74, 6) is -2.93. The summed E-state index contributed by atoms with van der Waals surface area (Å²) < 4.78 is 31.3. The Bertz CT molecular complexity index is 2320. The third-order valence-corrected chi connectivity index (χ3v) is 10.7. The van der Waals surface area contributed by atoms with Gasteiger partial charge >= 0.3 is 6.16 Å². The molecule has 11 nitrogen and oxygen atoms in total. The van der Waals surface area contributed by atoms with Crippen molar-refractivity contribution in [2.24, 2.45) is 0 Å². The predicted molar refractivity (Wildman–Crippen MR) is 226 cm³/mol. The van der Waals surface area contributed by atoms with Crippen LogP contribution < -0.4 is 4.74 Å². The molecule has 0 aromatic heterocycles. The van der Waals surface area contributed by atoms with Crippen molar-refractivity contribution in [2.45, 2.75) is 62.3 Å². The largest absolute Gasteiger partial charge is 0.453 e. The first-order valence-electron chi connectivity index (χ1n) is 19.6. The molecule has 6 N–H and O–H groups in total. The second kappa shape index (κ2) is 19.6. The number of hydrogen-bond acceptors (Lipinski definition) is 11. The van der Waals surface area contributed by atoms with Crippen LogP contribution in [0.4, 0.5) is 0 Å². The van der Waals surface area contributed by atoms with Crippen LogP contribution >= 0.6 is 11.6 Å². The summed E-state index contributed by atoms with van der Waals surface area (Å²) in [5.41, 5.74) is 2.05. The zero-order valence-electron chi connectivity index (χ0n) is 33.0. The molecular formula is C49H47ClO11. The van der Waals surface area contributed by atoms with Crippen molar-refractivity contribution in [3.8, 4) is 5.75 Å². The van der Waals surface area contributed by atoms with Gasteiger partial charge in [-0.3, -0.25) is 0 Å². The van der Waals surface area contributed by atoms with Gasteiger partial charge in [-0.1, -0.05) is 139 Å². The molecule has 0 saturated carbocycles. The molecule has 0 amide bonds. The van der Waals surface area contributed by atoms with Gasteiger partial charge in [-0.05, 0) is 75.9 Å². The highest BCUT2D eigenvalue weighted by molar-refractivity contribution is 6.31. The molecule has 0 bridgehead atoms. The Labute approximate surface area is 358 Å². The van der Waals surface area contributed by atoms with Gasteiger partial charge in [-0.2, -0.15) is 0 Å². The average molecular weight is 847 g/mol. The van der Waals surface area contributed by atoms with Crippen molar-refractivity contribution >= 4 is 11.6 Å². The summed E-state index contributed by atoms with van der Waals surface area (Å²) in [6.07, 6.45) is -4.72. The van der Waals surface area contributed by atoms with Gasteiger partial charge in [0, 0.05) is 16.1 Å². The van der Waals surface area contributed by atoms with Crippen LogP contribution in [0.5, 0.6) is 5.75 Å². The number of halogens is 1. The second-order valence-corrected chi connectivity index (χ2v) is 15.2. The van der Waals surface area contributed by atoms with Crippen molar-refractivity contribution in [1.82, 2.24) is 0 Å². The van der Waals surface area contributed by atoms with E-state index in [9.17, 15) is 30.6 Å². The van der Waals surface area contributed by atoms with Gasteiger partial charge in [0.15, 0.2) is 0 Å². The van der Waals surface area contributed by atoms with E-state index >= 15 is 0 Å². The molecule has 316 valence electrons. The molecule has 1 aliphatic rings. The summed E-state index contributed by atoms with van der Waals surface area (Å²) in [4.78, 5) is 0. The molecule has 4 unspecified atom stereocenters. The summed E-state index contributed by atoms with van der Waals surface area (Å²) >= 11 is 6.70. The van der Waals surface area contributed by atoms with Crippen LogP contribution in [-0.2, 0) is 56.8 Å². The Balaban J connectivity index is 1.34. The van der Waals surface area contributed by atoms with E-state index in [1.54, 1.807) is 12.1 Å². The molecule has 0 aliphatic heterocycles. The summed E-state index contributed by atoms with van der Waals surface area (Å²) in [7, 11) is 0. The summed E-state index contributed by atoms with van der Waals surface area (Å²) in [6, 6.07) is 47.8. The van der Waals surface area contributed by atoms with Crippen LogP contribution in [0.15, 0.2) is 175 Å². The lowest BCUT2D eigenvalue weighted by molar-refractivity contribution is -0.419. The Morgan fingerprint density at radius 2 is 1.03 bits per heavy atom. The Morgan fingerprint density at radius 1 is 0.541 bits per heavy atom. The van der Waals surface area contributed by atoms with E-state index in [1.165, 1.54) is 36.4 Å². The minimum Gasteiger partial charge on any atom is -0.417 e. The van der Waals surface area contributed by atoms with Gasteiger partial charge in [0.1, 0.15) is 29.7 Å². The minimum absolute atomic E-state index is 0.0306. The molecule has 0 spiro atoms. The van der Waals surface area contributed by atoms with Crippen LogP contribution in [0.2, 0.25) is 5.02 Å². The molecular weight excluding hydrogens is 800 g/mol. The molecule has 12 heteroatoms. The van der Waals surface area contributed by atoms with Crippen molar-refractivity contribution in [3.05, 3.63) is 219 Å². The molecule has 7 rings (SSSR count). The van der Waals surface area contributed by atoms with Crippen LogP contribution in [0.3, 0.4) is 0 Å². The predicted octanol–water partition coefficient (Wildman–Crippen LogP) is 6.59. The van der Waals surface area contributed by atoms with E-state index in [-0.39, 0.29) is 60.5 Å². The van der Waals surface area contributed by atoms with Crippen molar-refractivity contribution < 1.29 is 54.3 Å². The Morgan fingerprint density at radius 3 is 1.56 bits per heavy atom. The Hall–Kier alpha value is -5.25. The van der Waals surface area contributed by atoms with E-state index < -0.39 is 35.9 Å². The fourth-order valence-corrected chi connectivity index (χ4v) is 7.55. The molecule has 1 aliphatic carbocycles. The highest BCUT2D eigenvalue weighted by Gasteiger charge is 2.52. The molecule has 4 atom stereocenters. The van der Waals surface area contributed by atoms with Gasteiger partial charge in [-0.25, -0.2) is 0 Å². The van der Waals surface area contributed by atoms with Crippen molar-refractivity contribution in [2.75, 3.05) is 6.61 Å². The fraction of sp³-hybridized carbons (Fsp3) is 0.224. The maximum Gasteiger partial charge on any atom is 0.453 e. The third kappa shape index (κ3) is 11.2. The first-order valence-corrected chi connectivity index (χ1v) is 20.0. The first-order chi connectivity index (χ1) is 29.4. The number of ether oxygens (including phenoxy) is 5. The maximum atomic E-state index is 13.3. The normalized spacial score (nSPS) is 19.3. The average Bonchev–Trinajstić information content (AvgIpc) is 3.26. The van der Waals surface area contributed by atoms with Crippen molar-refractivity contribution in [3.63, 3.8) is 0 Å². The molecule has 6 aromatic carbocycles. The summed E-state index contributed by atoms with van der Waals surface area (Å²) in [6.45, 7) is 0.728. The molecule has 0 radical (unpaired) electrons. The molecule has 6 aromatic rings. The fourth-order valence-electron chi connectivity index (χ4n) is 7.30. The monoisotopic (exact) mass is 846 g/mol. The van der Waals surface area contributed by atoms with E-state index in [4.69, 9.17) is 30.5 Å². The van der Waals surface area contributed by atoms with Gasteiger partial charge < -0.3 is 54.3 Å². The van der Waals surface area contributed by atoms with Gasteiger partial charge in [0.2, 0.25) is 5.79 Å². The third-order valence-electron chi connectivity index (χ3n) is 10.3.